The number of fused-ring (bicyclic) bond motifs is 1. The second-order valence-electron chi connectivity index (χ2n) is 7.29. The number of aryl methyl sites for hydroxylation is 1. The van der Waals surface area contributed by atoms with E-state index in [4.69, 9.17) is 4.74 Å². The summed E-state index contributed by atoms with van der Waals surface area (Å²) in [5.41, 5.74) is -0.0767. The van der Waals surface area contributed by atoms with E-state index in [0.717, 1.165) is 13.1 Å². The molecule has 0 aliphatic carbocycles. The maximum absolute atomic E-state index is 14.0. The Hall–Kier alpha value is -2.98. The second kappa shape index (κ2) is 8.41. The summed E-state index contributed by atoms with van der Waals surface area (Å²) in [6, 6.07) is 3.97. The third-order valence-corrected chi connectivity index (χ3v) is 5.28. The number of phenols is 1. The molecular formula is C20H24FN5O4. The average molecular weight is 417 g/mol. The lowest BCUT2D eigenvalue weighted by molar-refractivity contribution is 0.0365. The van der Waals surface area contributed by atoms with E-state index in [-0.39, 0.29) is 11.2 Å². The Morgan fingerprint density at radius 2 is 1.93 bits per heavy atom. The van der Waals surface area contributed by atoms with E-state index < -0.39 is 22.8 Å². The molecule has 0 saturated carbocycles. The Morgan fingerprint density at radius 1 is 1.17 bits per heavy atom. The topological polar surface area (TPSA) is 105 Å². The highest BCUT2D eigenvalue weighted by Gasteiger charge is 2.21. The number of phenolic OH excluding ortho intramolecular Hbond substituents is 1. The first kappa shape index (κ1) is 20.3. The van der Waals surface area contributed by atoms with Gasteiger partial charge in [-0.15, -0.1) is 0 Å². The fraction of sp³-hybridized carbons (Fsp3) is 0.450. The number of aromatic hydroxyl groups is 1. The highest BCUT2D eigenvalue weighted by Crippen LogP contribution is 2.26. The molecule has 4 rings (SSSR count). The van der Waals surface area contributed by atoms with E-state index in [1.54, 1.807) is 10.6 Å². The number of morpholine rings is 1. The van der Waals surface area contributed by atoms with E-state index in [9.17, 15) is 19.1 Å². The minimum absolute atomic E-state index is 0.274. The molecule has 0 bridgehead atoms. The molecule has 30 heavy (non-hydrogen) atoms. The lowest BCUT2D eigenvalue weighted by Gasteiger charge is -2.26. The lowest BCUT2D eigenvalue weighted by atomic mass is 10.2. The summed E-state index contributed by atoms with van der Waals surface area (Å²) < 4.78 is 22.6. The van der Waals surface area contributed by atoms with Gasteiger partial charge in [0.05, 0.1) is 13.2 Å². The SMILES string of the molecule is CCCn1c(=O)[nH]c(=O)c2c1nc(-c1ccc(O)c(F)c1)n2CCN1CCOCC1. The third kappa shape index (κ3) is 3.75. The molecule has 1 fully saturated rings. The van der Waals surface area contributed by atoms with Crippen LogP contribution in [0.3, 0.4) is 0 Å². The van der Waals surface area contributed by atoms with Gasteiger partial charge < -0.3 is 14.4 Å². The Morgan fingerprint density at radius 3 is 2.63 bits per heavy atom. The predicted molar refractivity (Wildman–Crippen MR) is 109 cm³/mol. The second-order valence-corrected chi connectivity index (χ2v) is 7.29. The van der Waals surface area contributed by atoms with Crippen molar-refractivity contribution in [1.82, 2.24) is 24.0 Å². The van der Waals surface area contributed by atoms with Crippen LogP contribution in [0.25, 0.3) is 22.6 Å². The molecule has 1 aliphatic heterocycles. The maximum Gasteiger partial charge on any atom is 0.330 e. The molecule has 160 valence electrons. The quantitative estimate of drug-likeness (QED) is 0.623. The number of nitrogens with one attached hydrogen (secondary N) is 1. The fourth-order valence-electron chi connectivity index (χ4n) is 3.75. The fourth-order valence-corrected chi connectivity index (χ4v) is 3.75. The molecule has 3 heterocycles. The van der Waals surface area contributed by atoms with Gasteiger partial charge in [0.25, 0.3) is 5.56 Å². The summed E-state index contributed by atoms with van der Waals surface area (Å²) in [4.78, 5) is 34.2. The van der Waals surface area contributed by atoms with Gasteiger partial charge >= 0.3 is 5.69 Å². The average Bonchev–Trinajstić information content (AvgIpc) is 3.12. The van der Waals surface area contributed by atoms with Gasteiger partial charge in [0.2, 0.25) is 0 Å². The van der Waals surface area contributed by atoms with Gasteiger partial charge in [-0.2, -0.15) is 0 Å². The zero-order valence-electron chi connectivity index (χ0n) is 16.7. The number of halogens is 1. The van der Waals surface area contributed by atoms with Crippen LogP contribution in [0.5, 0.6) is 5.75 Å². The van der Waals surface area contributed by atoms with Crippen molar-refractivity contribution in [2.24, 2.45) is 0 Å². The van der Waals surface area contributed by atoms with Crippen LogP contribution in [0.15, 0.2) is 27.8 Å². The van der Waals surface area contributed by atoms with Crippen molar-refractivity contribution in [2.45, 2.75) is 26.4 Å². The van der Waals surface area contributed by atoms with E-state index in [1.165, 1.54) is 16.7 Å². The summed E-state index contributed by atoms with van der Waals surface area (Å²) in [5.74, 6) is -0.868. The first-order valence-corrected chi connectivity index (χ1v) is 10.0. The van der Waals surface area contributed by atoms with Gasteiger partial charge in [0.1, 0.15) is 5.82 Å². The van der Waals surface area contributed by atoms with Crippen LogP contribution < -0.4 is 11.2 Å². The zero-order chi connectivity index (χ0) is 21.3. The molecule has 10 heteroatoms. The predicted octanol–water partition coefficient (Wildman–Crippen LogP) is 1.14. The van der Waals surface area contributed by atoms with Crippen molar-refractivity contribution in [1.29, 1.82) is 0 Å². The van der Waals surface area contributed by atoms with Crippen molar-refractivity contribution in [3.05, 3.63) is 44.9 Å². The summed E-state index contributed by atoms with van der Waals surface area (Å²) in [6.07, 6.45) is 0.685. The number of hydrogen-bond acceptors (Lipinski definition) is 6. The van der Waals surface area contributed by atoms with Crippen molar-refractivity contribution < 1.29 is 14.2 Å². The van der Waals surface area contributed by atoms with Crippen LogP contribution in [0.2, 0.25) is 0 Å². The Bertz CT molecular complexity index is 1180. The van der Waals surface area contributed by atoms with Gasteiger partial charge in [-0.25, -0.2) is 14.2 Å². The molecular weight excluding hydrogens is 393 g/mol. The number of H-pyrrole nitrogens is 1. The first-order chi connectivity index (χ1) is 14.5. The highest BCUT2D eigenvalue weighted by molar-refractivity contribution is 5.77. The molecule has 3 aromatic rings. The standard InChI is InChI=1S/C20H24FN5O4/c1-2-5-26-18-16(19(28)23-20(26)29)25(7-6-24-8-10-30-11-9-24)17(22-18)13-3-4-15(27)14(21)12-13/h3-4,12,27H,2,5-11H2,1H3,(H,23,28,29). The largest absolute Gasteiger partial charge is 0.505 e. The lowest BCUT2D eigenvalue weighted by Crippen LogP contribution is -2.38. The molecule has 1 aromatic carbocycles. The molecule has 0 radical (unpaired) electrons. The monoisotopic (exact) mass is 417 g/mol. The number of nitrogens with zero attached hydrogens (tertiary/aromatic N) is 4. The number of rotatable bonds is 6. The maximum atomic E-state index is 14.0. The van der Waals surface area contributed by atoms with E-state index in [1.807, 2.05) is 6.92 Å². The number of imidazole rings is 1. The number of aromatic nitrogens is 4. The van der Waals surface area contributed by atoms with Gasteiger partial charge in [-0.05, 0) is 24.6 Å². The molecule has 2 aromatic heterocycles. The third-order valence-electron chi connectivity index (χ3n) is 5.28. The minimum atomic E-state index is -0.779. The van der Waals surface area contributed by atoms with E-state index in [0.29, 0.717) is 50.7 Å². The number of hydrogen-bond donors (Lipinski definition) is 2. The number of ether oxygens (including phenoxy) is 1. The molecule has 9 nitrogen and oxygen atoms in total. The van der Waals surface area contributed by atoms with Gasteiger partial charge in [-0.1, -0.05) is 6.92 Å². The van der Waals surface area contributed by atoms with Crippen LogP contribution in [0.1, 0.15) is 13.3 Å². The summed E-state index contributed by atoms with van der Waals surface area (Å²) in [7, 11) is 0. The molecule has 1 aliphatic rings. The van der Waals surface area contributed by atoms with Crippen molar-refractivity contribution >= 4 is 11.2 Å². The van der Waals surface area contributed by atoms with E-state index in [2.05, 4.69) is 14.9 Å². The zero-order valence-corrected chi connectivity index (χ0v) is 16.7. The summed E-state index contributed by atoms with van der Waals surface area (Å²) in [6.45, 7) is 6.27. The molecule has 0 unspecified atom stereocenters. The van der Waals surface area contributed by atoms with E-state index >= 15 is 0 Å². The van der Waals surface area contributed by atoms with Gasteiger partial charge in [0, 0.05) is 38.3 Å². The van der Waals surface area contributed by atoms with Crippen molar-refractivity contribution in [2.75, 3.05) is 32.8 Å². The number of benzene rings is 1. The minimum Gasteiger partial charge on any atom is -0.505 e. The van der Waals surface area contributed by atoms with Gasteiger partial charge in [0.15, 0.2) is 22.7 Å². The van der Waals surface area contributed by atoms with Crippen LogP contribution >= 0.6 is 0 Å². The Kier molecular flexibility index (Phi) is 5.69. The molecule has 0 spiro atoms. The van der Waals surface area contributed by atoms with Crippen molar-refractivity contribution in [3.63, 3.8) is 0 Å². The highest BCUT2D eigenvalue weighted by atomic mass is 19.1. The van der Waals surface area contributed by atoms with Crippen LogP contribution in [0, 0.1) is 5.82 Å². The molecule has 2 N–H and O–H groups in total. The summed E-state index contributed by atoms with van der Waals surface area (Å²) >= 11 is 0. The number of aromatic amines is 1. The summed E-state index contributed by atoms with van der Waals surface area (Å²) in [5, 5.41) is 9.55. The van der Waals surface area contributed by atoms with Crippen LogP contribution in [-0.4, -0.2) is 62.0 Å². The first-order valence-electron chi connectivity index (χ1n) is 10.0. The normalized spacial score (nSPS) is 15.1. The van der Waals surface area contributed by atoms with Crippen LogP contribution in [-0.2, 0) is 17.8 Å². The Labute approximate surface area is 171 Å². The van der Waals surface area contributed by atoms with Crippen molar-refractivity contribution in [3.8, 4) is 17.1 Å². The van der Waals surface area contributed by atoms with Gasteiger partial charge in [-0.3, -0.25) is 19.2 Å². The van der Waals surface area contributed by atoms with Crippen LogP contribution in [0.4, 0.5) is 4.39 Å². The smallest absolute Gasteiger partial charge is 0.330 e. The molecule has 1 saturated heterocycles. The Balaban J connectivity index is 1.88. The molecule has 0 amide bonds. The molecule has 0 atom stereocenters.